The van der Waals surface area contributed by atoms with Crippen molar-refractivity contribution in [2.24, 2.45) is 0 Å². The van der Waals surface area contributed by atoms with Crippen molar-refractivity contribution in [1.29, 1.82) is 0 Å². The highest BCUT2D eigenvalue weighted by atomic mass is 35.5. The van der Waals surface area contributed by atoms with E-state index in [0.717, 1.165) is 51.1 Å². The summed E-state index contributed by atoms with van der Waals surface area (Å²) in [6, 6.07) is 12.9. The first-order valence-corrected chi connectivity index (χ1v) is 32.6. The molecule has 0 fully saturated rings. The van der Waals surface area contributed by atoms with E-state index in [1.54, 1.807) is 31.3 Å². The minimum atomic E-state index is -0.796. The molecule has 0 atom stereocenters. The Morgan fingerprint density at radius 2 is 1.14 bits per heavy atom. The van der Waals surface area contributed by atoms with Gasteiger partial charge in [0.1, 0.15) is 37.0 Å². The predicted octanol–water partition coefficient (Wildman–Crippen LogP) is 8.52. The van der Waals surface area contributed by atoms with E-state index in [4.69, 9.17) is 87.1 Å². The molecule has 0 radical (unpaired) electrons. The van der Waals surface area contributed by atoms with Gasteiger partial charge in [-0.2, -0.15) is 0 Å². The van der Waals surface area contributed by atoms with Gasteiger partial charge in [-0.05, 0) is 82.3 Å². The molecule has 0 saturated carbocycles. The summed E-state index contributed by atoms with van der Waals surface area (Å²) in [4.78, 5) is 73.2. The van der Waals surface area contributed by atoms with E-state index in [1.807, 2.05) is 26.0 Å². The van der Waals surface area contributed by atoms with Crippen LogP contribution in [0.1, 0.15) is 80.5 Å². The van der Waals surface area contributed by atoms with Crippen molar-refractivity contribution >= 4 is 57.9 Å². The van der Waals surface area contributed by atoms with Gasteiger partial charge in [0.2, 0.25) is 5.75 Å². The van der Waals surface area contributed by atoms with E-state index in [2.05, 4.69) is 30.8 Å². The number of aryl methyl sites for hydroxylation is 1. The molecule has 96 heavy (non-hydrogen) atoms. The van der Waals surface area contributed by atoms with Gasteiger partial charge in [0.25, 0.3) is 11.6 Å². The zero-order chi connectivity index (χ0) is 69.0. The highest BCUT2D eigenvalue weighted by Crippen LogP contribution is 2.40. The van der Waals surface area contributed by atoms with Crippen LogP contribution in [0.2, 0.25) is 0 Å². The van der Waals surface area contributed by atoms with E-state index in [-0.39, 0.29) is 86.2 Å². The summed E-state index contributed by atoms with van der Waals surface area (Å²) in [6.07, 6.45) is 5.59. The molecule has 5 aromatic rings. The van der Waals surface area contributed by atoms with Crippen molar-refractivity contribution in [3.8, 4) is 28.7 Å². The van der Waals surface area contributed by atoms with Crippen molar-refractivity contribution in [2.45, 2.75) is 78.9 Å². The maximum atomic E-state index is 13.2. The number of anilines is 2. The monoisotopic (exact) mass is 1370 g/mol. The summed E-state index contributed by atoms with van der Waals surface area (Å²) in [6.45, 7) is 13.5. The highest BCUT2D eigenvalue weighted by molar-refractivity contribution is 6.17. The molecule has 0 aliphatic rings. The number of aromatic nitrogens is 2. The fraction of sp³-hybridized carbons (Fsp3) is 0.576. The standard InChI is InChI=1S/C66H94ClN7O22/c1-7-73(8-2)53-15-16-54-51(41-62(76)96-56(54)42-53)45-95-66(78)72-64-50(44-70-48(3)71-64)37-49-38-59(82-5)63(60(39-49)83-6)93-47-61(75)68-18-13-21-85-24-27-87-28-25-86-22-14-19-69-65(77)94-46-52-40-57(81-4)58(43-55(52)74(79)80)92-36-35-91-34-33-90-32-31-89-30-29-88-26-23-84-20-12-10-9-11-17-67/h15-16,38-44H,7-14,17-37,45-47H2,1-6H3,(H,68,75)(H,69,77)(H,70,71,72,78). The average molecular weight is 1370 g/mol. The van der Waals surface area contributed by atoms with E-state index >= 15 is 0 Å². The molecule has 0 bridgehead atoms. The van der Waals surface area contributed by atoms with Crippen LogP contribution >= 0.6 is 11.6 Å². The number of nitrogens with one attached hydrogen (secondary N) is 3. The van der Waals surface area contributed by atoms with E-state index < -0.39 is 22.7 Å². The minimum Gasteiger partial charge on any atom is -0.493 e. The van der Waals surface area contributed by atoms with Crippen LogP contribution in [0.25, 0.3) is 11.0 Å². The summed E-state index contributed by atoms with van der Waals surface area (Å²) >= 11 is 5.68. The van der Waals surface area contributed by atoms with Crippen molar-refractivity contribution in [3.05, 3.63) is 103 Å². The summed E-state index contributed by atoms with van der Waals surface area (Å²) in [5.41, 5.74) is 2.26. The van der Waals surface area contributed by atoms with Crippen LogP contribution in [0, 0.1) is 17.0 Å². The number of halogens is 1. The van der Waals surface area contributed by atoms with Crippen LogP contribution in [-0.4, -0.2) is 205 Å². The molecule has 0 unspecified atom stereocenters. The molecule has 5 rings (SSSR count). The highest BCUT2D eigenvalue weighted by Gasteiger charge is 2.23. The number of hydrogen-bond acceptors (Lipinski definition) is 25. The van der Waals surface area contributed by atoms with Crippen LogP contribution in [-0.2, 0) is 71.8 Å². The molecule has 2 heterocycles. The SMILES string of the molecule is CCN(CC)c1ccc2c(COC(=O)Nc3nc(C)ncc3Cc3cc(OC)c(OCC(=O)NCCCOCCOCCOCCCNC(=O)OCc4cc(OC)c(OCCOCCOCCOCCOCCOCCCCCCCl)cc4[N+](=O)[O-])c(OC)c3)cc(=O)oc2c1. The van der Waals surface area contributed by atoms with Gasteiger partial charge in [0.05, 0.1) is 124 Å². The number of carbonyl (C=O) groups is 3. The molecule has 3 aromatic carbocycles. The Balaban J connectivity index is 0.864. The lowest BCUT2D eigenvalue weighted by atomic mass is 10.1. The Morgan fingerprint density at radius 3 is 1.71 bits per heavy atom. The fourth-order valence-corrected chi connectivity index (χ4v) is 9.40. The van der Waals surface area contributed by atoms with Gasteiger partial charge in [0.15, 0.2) is 29.6 Å². The Hall–Kier alpha value is -7.87. The second kappa shape index (κ2) is 47.1. The van der Waals surface area contributed by atoms with Crippen LogP contribution in [0.4, 0.5) is 26.8 Å². The Bertz CT molecular complexity index is 3130. The third-order valence-corrected chi connectivity index (χ3v) is 14.4. The van der Waals surface area contributed by atoms with Gasteiger partial charge in [-0.25, -0.2) is 24.4 Å². The van der Waals surface area contributed by atoms with E-state index in [9.17, 15) is 29.3 Å². The third kappa shape index (κ3) is 30.0. The molecular weight excluding hydrogens is 1280 g/mol. The number of alkyl carbamates (subject to hydrolysis) is 1. The predicted molar refractivity (Wildman–Crippen MR) is 356 cm³/mol. The second-order valence-corrected chi connectivity index (χ2v) is 21.4. The number of fused-ring (bicyclic) bond motifs is 1. The number of ether oxygens (including phenoxy) is 15. The van der Waals surface area contributed by atoms with Gasteiger partial charge in [-0.1, -0.05) is 12.8 Å². The maximum Gasteiger partial charge on any atom is 0.413 e. The van der Waals surface area contributed by atoms with Crippen LogP contribution in [0.5, 0.6) is 28.7 Å². The zero-order valence-electron chi connectivity index (χ0n) is 56.0. The normalized spacial score (nSPS) is 11.1. The molecular formula is C66H94ClN7O22. The minimum absolute atomic E-state index is 0.0882. The molecule has 0 aliphatic carbocycles. The quantitative estimate of drug-likeness (QED) is 0.0108. The van der Waals surface area contributed by atoms with Gasteiger partial charge in [-0.3, -0.25) is 20.2 Å². The molecule has 532 valence electrons. The maximum absolute atomic E-state index is 13.2. The number of hydrogen-bond donors (Lipinski definition) is 3. The van der Waals surface area contributed by atoms with Gasteiger partial charge in [-0.15, -0.1) is 11.6 Å². The molecule has 0 saturated heterocycles. The topological polar surface area (TPSA) is 328 Å². The number of alkyl halides is 1. The third-order valence-electron chi connectivity index (χ3n) is 14.1. The number of unbranched alkanes of at least 4 members (excludes halogenated alkanes) is 3. The lowest BCUT2D eigenvalue weighted by Crippen LogP contribution is -2.30. The number of nitrogens with zero attached hydrogens (tertiary/aromatic N) is 4. The van der Waals surface area contributed by atoms with Gasteiger partial charge < -0.3 is 91.0 Å². The van der Waals surface area contributed by atoms with Crippen LogP contribution in [0.15, 0.2) is 63.9 Å². The van der Waals surface area contributed by atoms with E-state index in [1.165, 1.54) is 39.5 Å². The first kappa shape index (κ1) is 78.8. The van der Waals surface area contributed by atoms with Crippen molar-refractivity contribution in [3.63, 3.8) is 0 Å². The molecule has 2 aromatic heterocycles. The fourth-order valence-electron chi connectivity index (χ4n) is 9.22. The number of carbonyl (C=O) groups excluding carboxylic acids is 3. The lowest BCUT2D eigenvalue weighted by Gasteiger charge is -2.21. The molecule has 29 nitrogen and oxygen atoms in total. The molecule has 0 aliphatic heterocycles. The van der Waals surface area contributed by atoms with Crippen LogP contribution in [0.3, 0.4) is 0 Å². The second-order valence-electron chi connectivity index (χ2n) is 21.0. The molecule has 0 spiro atoms. The summed E-state index contributed by atoms with van der Waals surface area (Å²) in [5, 5.41) is 20.7. The number of amides is 3. The molecule has 30 heteroatoms. The largest absolute Gasteiger partial charge is 0.493 e. The van der Waals surface area contributed by atoms with Gasteiger partial charge in [0, 0.05) is 98.8 Å². The molecule has 3 amide bonds. The summed E-state index contributed by atoms with van der Waals surface area (Å²) in [5.74, 6) is 2.12. The number of benzene rings is 3. The summed E-state index contributed by atoms with van der Waals surface area (Å²) in [7, 11) is 4.32. The Morgan fingerprint density at radius 1 is 0.594 bits per heavy atom. The molecule has 3 N–H and O–H groups in total. The van der Waals surface area contributed by atoms with Crippen molar-refractivity contribution in [1.82, 2.24) is 20.6 Å². The number of rotatable bonds is 53. The lowest BCUT2D eigenvalue weighted by molar-refractivity contribution is -0.385. The number of methoxy groups -OCH3 is 3. The number of nitro groups is 1. The van der Waals surface area contributed by atoms with Gasteiger partial charge >= 0.3 is 17.8 Å². The first-order chi connectivity index (χ1) is 46.8. The first-order valence-electron chi connectivity index (χ1n) is 32.1. The van der Waals surface area contributed by atoms with E-state index in [0.29, 0.717) is 163 Å². The van der Waals surface area contributed by atoms with Crippen molar-refractivity contribution in [2.75, 3.05) is 183 Å². The zero-order valence-corrected chi connectivity index (χ0v) is 56.7. The smallest absolute Gasteiger partial charge is 0.413 e. The Kier molecular flexibility index (Phi) is 38.7. The summed E-state index contributed by atoms with van der Waals surface area (Å²) < 4.78 is 89.0. The Labute approximate surface area is 564 Å². The van der Waals surface area contributed by atoms with Crippen molar-refractivity contribution < 1.29 is 94.8 Å². The number of nitro benzene ring substituents is 1. The van der Waals surface area contributed by atoms with Crippen LogP contribution < -0.4 is 50.2 Å². The average Bonchev–Trinajstić information content (AvgIpc) is 0.827.